The summed E-state index contributed by atoms with van der Waals surface area (Å²) >= 11 is 0. The Bertz CT molecular complexity index is 584. The Balaban J connectivity index is 1.72. The number of nitrogens with two attached hydrogens (primary N) is 4. The van der Waals surface area contributed by atoms with Gasteiger partial charge in [-0.15, -0.1) is 0 Å². The quantitative estimate of drug-likeness (QED) is 0.167. The average Bonchev–Trinajstić information content (AvgIpc) is 2.79. The molecule has 0 unspecified atom stereocenters. The van der Waals surface area contributed by atoms with E-state index < -0.39 is 98.4 Å². The normalized spacial score (nSPS) is 53.7. The Morgan fingerprint density at radius 3 is 1.73 bits per heavy atom. The summed E-state index contributed by atoms with van der Waals surface area (Å²) in [4.78, 5) is 0. The zero-order valence-electron chi connectivity index (χ0n) is 17.9. The van der Waals surface area contributed by atoms with Crippen LogP contribution in [0.2, 0.25) is 0 Å². The zero-order chi connectivity index (χ0) is 24.6. The van der Waals surface area contributed by atoms with Crippen LogP contribution in [0.25, 0.3) is 0 Å². The van der Waals surface area contributed by atoms with E-state index in [0.717, 1.165) is 0 Å². The van der Waals surface area contributed by atoms with Gasteiger partial charge in [0.2, 0.25) is 0 Å². The van der Waals surface area contributed by atoms with E-state index in [2.05, 4.69) is 0 Å². The number of hydrogen-bond acceptors (Lipinski definition) is 15. The molecule has 15 nitrogen and oxygen atoms in total. The molecule has 3 aliphatic rings. The molecule has 2 heterocycles. The highest BCUT2D eigenvalue weighted by Gasteiger charge is 2.51. The molecule has 33 heavy (non-hydrogen) atoms. The molecule has 15 N–H and O–H groups in total. The molecule has 15 atom stereocenters. The highest BCUT2D eigenvalue weighted by molar-refractivity contribution is 5.01. The van der Waals surface area contributed by atoms with E-state index in [-0.39, 0.29) is 13.0 Å². The van der Waals surface area contributed by atoms with Crippen LogP contribution in [0.1, 0.15) is 6.42 Å². The molecule has 0 spiro atoms. The predicted molar refractivity (Wildman–Crippen MR) is 108 cm³/mol. The largest absolute Gasteiger partial charge is 0.394 e. The van der Waals surface area contributed by atoms with Crippen molar-refractivity contribution in [3.8, 4) is 0 Å². The van der Waals surface area contributed by atoms with E-state index in [1.807, 2.05) is 0 Å². The maximum Gasteiger partial charge on any atom is 0.187 e. The summed E-state index contributed by atoms with van der Waals surface area (Å²) in [5.74, 6) is 0. The summed E-state index contributed by atoms with van der Waals surface area (Å²) < 4.78 is 22.3. The van der Waals surface area contributed by atoms with Gasteiger partial charge in [0.1, 0.15) is 61.0 Å². The zero-order valence-corrected chi connectivity index (χ0v) is 17.9. The van der Waals surface area contributed by atoms with Crippen molar-refractivity contribution in [3.05, 3.63) is 0 Å². The van der Waals surface area contributed by atoms with Crippen LogP contribution >= 0.6 is 0 Å². The summed E-state index contributed by atoms with van der Waals surface area (Å²) in [6, 6.07) is -2.82. The minimum absolute atomic E-state index is 0.0945. The van der Waals surface area contributed by atoms with Crippen molar-refractivity contribution < 1.29 is 54.7 Å². The molecule has 3 fully saturated rings. The van der Waals surface area contributed by atoms with E-state index in [4.69, 9.17) is 41.9 Å². The van der Waals surface area contributed by atoms with E-state index in [9.17, 15) is 35.7 Å². The second-order valence-electron chi connectivity index (χ2n) is 8.79. The molecule has 2 aliphatic heterocycles. The number of rotatable bonds is 6. The van der Waals surface area contributed by atoms with Crippen molar-refractivity contribution >= 4 is 0 Å². The molecule has 3 rings (SSSR count). The second kappa shape index (κ2) is 11.0. The van der Waals surface area contributed by atoms with Gasteiger partial charge >= 0.3 is 0 Å². The molecule has 0 aromatic heterocycles. The number of hydrogen-bond donors (Lipinski definition) is 11. The van der Waals surface area contributed by atoms with E-state index in [1.165, 1.54) is 0 Å². The third kappa shape index (κ3) is 5.32. The monoisotopic (exact) mass is 484 g/mol. The molecule has 1 saturated carbocycles. The summed E-state index contributed by atoms with van der Waals surface area (Å²) in [5.41, 5.74) is 23.7. The highest BCUT2D eigenvalue weighted by Crippen LogP contribution is 2.31. The van der Waals surface area contributed by atoms with Gasteiger partial charge in [0.15, 0.2) is 12.6 Å². The molecule has 0 bridgehead atoms. The molecule has 194 valence electrons. The van der Waals surface area contributed by atoms with Crippen LogP contribution in [0.3, 0.4) is 0 Å². The molecule has 0 radical (unpaired) electrons. The number of aliphatic hydroxyl groups is 7. The first-order valence-electron chi connectivity index (χ1n) is 10.8. The molecular formula is C18H36N4O11. The van der Waals surface area contributed by atoms with Gasteiger partial charge in [-0.2, -0.15) is 0 Å². The highest BCUT2D eigenvalue weighted by atomic mass is 16.7. The van der Waals surface area contributed by atoms with Gasteiger partial charge in [-0.3, -0.25) is 0 Å². The molecule has 15 heteroatoms. The SMILES string of the molecule is NC[C@@H]1O[C@H](O[C@H]2[C@H](O)[C@H](O[C@H]3O[C@H](CO)[C@H](O)[C@@H](O)[C@H]3O)[C@H](N)C[C@H]2N)[C@@H](N)[C@@H](O)[C@@H]1O. The fourth-order valence-corrected chi connectivity index (χ4v) is 4.40. The first-order valence-corrected chi connectivity index (χ1v) is 10.8. The molecule has 1 aliphatic carbocycles. The Kier molecular flexibility index (Phi) is 8.99. The van der Waals surface area contributed by atoms with Crippen LogP contribution < -0.4 is 22.9 Å². The number of aliphatic hydroxyl groups excluding tert-OH is 7. The summed E-state index contributed by atoms with van der Waals surface area (Å²) in [6.45, 7) is -0.786. The minimum Gasteiger partial charge on any atom is -0.394 e. The van der Waals surface area contributed by atoms with Gasteiger partial charge < -0.3 is 77.6 Å². The summed E-state index contributed by atoms with van der Waals surface area (Å²) in [7, 11) is 0. The van der Waals surface area contributed by atoms with Crippen molar-refractivity contribution in [1.82, 2.24) is 0 Å². The van der Waals surface area contributed by atoms with Crippen molar-refractivity contribution in [2.45, 2.75) is 98.2 Å². The average molecular weight is 485 g/mol. The van der Waals surface area contributed by atoms with Crippen molar-refractivity contribution in [2.75, 3.05) is 13.2 Å². The standard InChI is InChI=1S/C18H36N4O11/c19-2-6-9(24)11(26)8(22)17(30-6)32-15-4(20)1-5(21)16(14(15)29)33-18-13(28)12(27)10(25)7(3-23)31-18/h4-18,23-29H,1-3,19-22H2/t4-,5-,6+,7-,8+,9-,10+,11-,12-,13-,14+,15-,16-,17-,18-/m1/s1. The Labute approximate surface area is 189 Å². The Hall–Kier alpha value is -0.600. The van der Waals surface area contributed by atoms with Crippen molar-refractivity contribution in [3.63, 3.8) is 0 Å². The Morgan fingerprint density at radius 2 is 1.18 bits per heavy atom. The number of ether oxygens (including phenoxy) is 4. The second-order valence-corrected chi connectivity index (χ2v) is 8.79. The van der Waals surface area contributed by atoms with Crippen molar-refractivity contribution in [1.29, 1.82) is 0 Å². The lowest BCUT2D eigenvalue weighted by molar-refractivity contribution is -0.331. The lowest BCUT2D eigenvalue weighted by atomic mass is 9.84. The third-order valence-corrected chi connectivity index (χ3v) is 6.47. The van der Waals surface area contributed by atoms with Crippen LogP contribution in [0, 0.1) is 0 Å². The summed E-state index contributed by atoms with van der Waals surface area (Å²) in [5, 5.41) is 70.6. The fourth-order valence-electron chi connectivity index (χ4n) is 4.40. The molecule has 0 amide bonds. The minimum atomic E-state index is -1.70. The smallest absolute Gasteiger partial charge is 0.187 e. The maximum absolute atomic E-state index is 10.9. The van der Waals surface area contributed by atoms with Crippen molar-refractivity contribution in [2.24, 2.45) is 22.9 Å². The lowest BCUT2D eigenvalue weighted by Crippen LogP contribution is -2.68. The van der Waals surface area contributed by atoms with Gasteiger partial charge in [0.05, 0.1) is 12.6 Å². The van der Waals surface area contributed by atoms with E-state index in [1.54, 1.807) is 0 Å². The summed E-state index contributed by atoms with van der Waals surface area (Å²) in [6.07, 6.45) is -16.4. The lowest BCUT2D eigenvalue weighted by Gasteiger charge is -2.48. The predicted octanol–water partition coefficient (Wildman–Crippen LogP) is -7.29. The van der Waals surface area contributed by atoms with Gasteiger partial charge in [0.25, 0.3) is 0 Å². The van der Waals surface area contributed by atoms with E-state index >= 15 is 0 Å². The van der Waals surface area contributed by atoms with Crippen LogP contribution in [-0.2, 0) is 18.9 Å². The molecule has 0 aromatic rings. The van der Waals surface area contributed by atoms with Gasteiger partial charge in [0, 0.05) is 18.6 Å². The topological polar surface area (TPSA) is 283 Å². The molecule has 0 aromatic carbocycles. The van der Waals surface area contributed by atoms with Gasteiger partial charge in [-0.25, -0.2) is 0 Å². The van der Waals surface area contributed by atoms with Gasteiger partial charge in [-0.1, -0.05) is 0 Å². The Morgan fingerprint density at radius 1 is 0.667 bits per heavy atom. The molecule has 2 saturated heterocycles. The first-order chi connectivity index (χ1) is 15.5. The van der Waals surface area contributed by atoms with Crippen LogP contribution in [-0.4, -0.2) is 141 Å². The van der Waals surface area contributed by atoms with E-state index in [0.29, 0.717) is 0 Å². The van der Waals surface area contributed by atoms with Crippen LogP contribution in [0.4, 0.5) is 0 Å². The van der Waals surface area contributed by atoms with Gasteiger partial charge in [-0.05, 0) is 6.42 Å². The van der Waals surface area contributed by atoms with Crippen LogP contribution in [0.15, 0.2) is 0 Å². The maximum atomic E-state index is 10.9. The first kappa shape index (κ1) is 27.0. The molecular weight excluding hydrogens is 448 g/mol. The van der Waals surface area contributed by atoms with Crippen LogP contribution in [0.5, 0.6) is 0 Å². The fraction of sp³-hybridized carbons (Fsp3) is 1.00. The third-order valence-electron chi connectivity index (χ3n) is 6.47.